The highest BCUT2D eigenvalue weighted by Gasteiger charge is 2.33. The van der Waals surface area contributed by atoms with E-state index >= 15 is 0 Å². The van der Waals surface area contributed by atoms with Gasteiger partial charge in [-0.15, -0.1) is 0 Å². The molecule has 20 heavy (non-hydrogen) atoms. The van der Waals surface area contributed by atoms with Crippen LogP contribution in [0.15, 0.2) is 33.6 Å². The van der Waals surface area contributed by atoms with Crippen molar-refractivity contribution in [1.82, 2.24) is 4.31 Å². The third-order valence-corrected chi connectivity index (χ3v) is 6.92. The Morgan fingerprint density at radius 2 is 1.85 bits per heavy atom. The van der Waals surface area contributed by atoms with Crippen LogP contribution in [-0.4, -0.2) is 31.4 Å². The Bertz CT molecular complexity index is 554. The Kier molecular flexibility index (Phi) is 5.23. The molecule has 0 radical (unpaired) electrons. The van der Waals surface area contributed by atoms with Gasteiger partial charge in [-0.1, -0.05) is 19.1 Å². The third kappa shape index (κ3) is 3.24. The van der Waals surface area contributed by atoms with Crippen LogP contribution >= 0.6 is 15.9 Å². The van der Waals surface area contributed by atoms with E-state index in [1.807, 2.05) is 13.0 Å². The first-order valence-corrected chi connectivity index (χ1v) is 9.22. The summed E-state index contributed by atoms with van der Waals surface area (Å²) in [5.41, 5.74) is 5.91. The predicted octanol–water partition coefficient (Wildman–Crippen LogP) is 2.73. The molecule has 1 aromatic rings. The molecular weight excluding hydrogens is 340 g/mol. The zero-order valence-electron chi connectivity index (χ0n) is 11.6. The topological polar surface area (TPSA) is 63.4 Å². The molecule has 0 unspecified atom stereocenters. The number of hydrogen-bond donors (Lipinski definition) is 1. The van der Waals surface area contributed by atoms with Crippen LogP contribution in [0.5, 0.6) is 0 Å². The number of benzene rings is 1. The number of nitrogens with zero attached hydrogens (tertiary/aromatic N) is 1. The molecule has 1 saturated carbocycles. The predicted molar refractivity (Wildman–Crippen MR) is 83.9 cm³/mol. The molecule has 1 aromatic carbocycles. The van der Waals surface area contributed by atoms with Crippen molar-refractivity contribution in [1.29, 1.82) is 0 Å². The first kappa shape index (κ1) is 15.9. The molecule has 0 spiro atoms. The first-order chi connectivity index (χ1) is 9.46. The van der Waals surface area contributed by atoms with E-state index in [9.17, 15) is 8.42 Å². The molecule has 0 heterocycles. The van der Waals surface area contributed by atoms with E-state index in [0.29, 0.717) is 15.9 Å². The molecule has 0 bridgehead atoms. The maximum Gasteiger partial charge on any atom is 0.244 e. The first-order valence-electron chi connectivity index (χ1n) is 6.98. The SMILES string of the molecule is CCN(C1CCC(N)CC1)S(=O)(=O)c1ccccc1Br. The van der Waals surface area contributed by atoms with Crippen molar-refractivity contribution >= 4 is 26.0 Å². The Morgan fingerprint density at radius 1 is 1.25 bits per heavy atom. The van der Waals surface area contributed by atoms with Crippen molar-refractivity contribution < 1.29 is 8.42 Å². The van der Waals surface area contributed by atoms with Crippen LogP contribution in [0.2, 0.25) is 0 Å². The fourth-order valence-electron chi connectivity index (χ4n) is 2.79. The van der Waals surface area contributed by atoms with Crippen LogP contribution < -0.4 is 5.73 Å². The van der Waals surface area contributed by atoms with E-state index < -0.39 is 10.0 Å². The molecule has 1 aliphatic rings. The summed E-state index contributed by atoms with van der Waals surface area (Å²) in [7, 11) is -3.45. The molecule has 6 heteroatoms. The van der Waals surface area contributed by atoms with Gasteiger partial charge in [-0.25, -0.2) is 8.42 Å². The lowest BCUT2D eigenvalue weighted by Gasteiger charge is -2.34. The number of sulfonamides is 1. The van der Waals surface area contributed by atoms with Gasteiger partial charge in [0.2, 0.25) is 10.0 Å². The molecule has 1 fully saturated rings. The van der Waals surface area contributed by atoms with Crippen molar-refractivity contribution in [3.8, 4) is 0 Å². The van der Waals surface area contributed by atoms with Gasteiger partial charge >= 0.3 is 0 Å². The maximum absolute atomic E-state index is 12.8. The number of rotatable bonds is 4. The second kappa shape index (κ2) is 6.56. The maximum atomic E-state index is 12.8. The Hall–Kier alpha value is -0.430. The molecule has 0 aliphatic heterocycles. The molecule has 0 saturated heterocycles. The Morgan fingerprint density at radius 3 is 2.40 bits per heavy atom. The van der Waals surface area contributed by atoms with Crippen LogP contribution in [0.25, 0.3) is 0 Å². The molecule has 1 aliphatic carbocycles. The minimum atomic E-state index is -3.45. The number of hydrogen-bond acceptors (Lipinski definition) is 3. The second-order valence-electron chi connectivity index (χ2n) is 5.21. The van der Waals surface area contributed by atoms with Gasteiger partial charge in [-0.2, -0.15) is 4.31 Å². The molecule has 0 aromatic heterocycles. The fraction of sp³-hybridized carbons (Fsp3) is 0.571. The van der Waals surface area contributed by atoms with Crippen molar-refractivity contribution in [2.45, 2.75) is 49.6 Å². The second-order valence-corrected chi connectivity index (χ2v) is 7.92. The highest BCUT2D eigenvalue weighted by molar-refractivity contribution is 9.10. The van der Waals surface area contributed by atoms with Crippen molar-refractivity contribution in [2.24, 2.45) is 5.73 Å². The monoisotopic (exact) mass is 360 g/mol. The summed E-state index contributed by atoms with van der Waals surface area (Å²) in [5.74, 6) is 0. The van der Waals surface area contributed by atoms with Gasteiger partial charge < -0.3 is 5.73 Å². The molecule has 0 amide bonds. The summed E-state index contributed by atoms with van der Waals surface area (Å²) in [6.45, 7) is 2.38. The summed E-state index contributed by atoms with van der Waals surface area (Å²) in [6.07, 6.45) is 3.48. The number of halogens is 1. The van der Waals surface area contributed by atoms with Gasteiger partial charge in [0.25, 0.3) is 0 Å². The van der Waals surface area contributed by atoms with Crippen molar-refractivity contribution in [3.05, 3.63) is 28.7 Å². The van der Waals surface area contributed by atoms with Crippen LogP contribution in [0.1, 0.15) is 32.6 Å². The van der Waals surface area contributed by atoms with Gasteiger partial charge in [0.05, 0.1) is 4.90 Å². The van der Waals surface area contributed by atoms with Crippen LogP contribution in [0.4, 0.5) is 0 Å². The van der Waals surface area contributed by atoms with Gasteiger partial charge in [-0.3, -0.25) is 0 Å². The average molecular weight is 361 g/mol. The van der Waals surface area contributed by atoms with E-state index in [1.165, 1.54) is 0 Å². The molecule has 4 nitrogen and oxygen atoms in total. The van der Waals surface area contributed by atoms with Crippen molar-refractivity contribution in [2.75, 3.05) is 6.54 Å². The number of nitrogens with two attached hydrogens (primary N) is 1. The van der Waals surface area contributed by atoms with E-state index in [2.05, 4.69) is 15.9 Å². The minimum Gasteiger partial charge on any atom is -0.328 e. The highest BCUT2D eigenvalue weighted by atomic mass is 79.9. The lowest BCUT2D eigenvalue weighted by atomic mass is 9.92. The van der Waals surface area contributed by atoms with Crippen LogP contribution in [0.3, 0.4) is 0 Å². The van der Waals surface area contributed by atoms with E-state index in [1.54, 1.807) is 22.5 Å². The van der Waals surface area contributed by atoms with Crippen molar-refractivity contribution in [3.63, 3.8) is 0 Å². The molecule has 2 N–H and O–H groups in total. The third-order valence-electron chi connectivity index (χ3n) is 3.88. The summed E-state index contributed by atoms with van der Waals surface area (Å²) in [5, 5.41) is 0. The van der Waals surface area contributed by atoms with Crippen LogP contribution in [0, 0.1) is 0 Å². The smallest absolute Gasteiger partial charge is 0.244 e. The summed E-state index contributed by atoms with van der Waals surface area (Å²) in [6, 6.07) is 7.27. The Balaban J connectivity index is 2.29. The quantitative estimate of drug-likeness (QED) is 0.897. The molecule has 2 rings (SSSR count). The highest BCUT2D eigenvalue weighted by Crippen LogP contribution is 2.30. The minimum absolute atomic E-state index is 0.0666. The fourth-order valence-corrected chi connectivity index (χ4v) is 5.45. The van der Waals surface area contributed by atoms with E-state index in [0.717, 1.165) is 25.7 Å². The summed E-state index contributed by atoms with van der Waals surface area (Å²) in [4.78, 5) is 0.344. The zero-order chi connectivity index (χ0) is 14.8. The largest absolute Gasteiger partial charge is 0.328 e. The summed E-state index contributed by atoms with van der Waals surface area (Å²) < 4.78 is 27.9. The summed E-state index contributed by atoms with van der Waals surface area (Å²) >= 11 is 3.34. The zero-order valence-corrected chi connectivity index (χ0v) is 14.0. The molecular formula is C14H21BrN2O2S. The lowest BCUT2D eigenvalue weighted by molar-refractivity contribution is 0.247. The van der Waals surface area contributed by atoms with Gasteiger partial charge in [0, 0.05) is 23.1 Å². The molecule has 112 valence electrons. The average Bonchev–Trinajstić information content (AvgIpc) is 2.42. The standard InChI is InChI=1S/C14H21BrN2O2S/c1-2-17(12-9-7-11(16)8-10-12)20(18,19)14-6-4-3-5-13(14)15/h3-6,11-12H,2,7-10,16H2,1H3. The van der Waals surface area contributed by atoms with Gasteiger partial charge in [0.15, 0.2) is 0 Å². The Labute approximate surface area is 129 Å². The van der Waals surface area contributed by atoms with E-state index in [-0.39, 0.29) is 12.1 Å². The lowest BCUT2D eigenvalue weighted by Crippen LogP contribution is -2.44. The van der Waals surface area contributed by atoms with Gasteiger partial charge in [0.1, 0.15) is 0 Å². The van der Waals surface area contributed by atoms with Crippen LogP contribution in [-0.2, 0) is 10.0 Å². The van der Waals surface area contributed by atoms with E-state index in [4.69, 9.17) is 5.73 Å². The molecule has 0 atom stereocenters. The van der Waals surface area contributed by atoms with Gasteiger partial charge in [-0.05, 0) is 53.7 Å². The normalized spacial score (nSPS) is 24.0.